The van der Waals surface area contributed by atoms with Gasteiger partial charge in [0.1, 0.15) is 0 Å². The Morgan fingerprint density at radius 3 is 2.43 bits per heavy atom. The van der Waals surface area contributed by atoms with Crippen molar-refractivity contribution in [1.82, 2.24) is 0 Å². The van der Waals surface area contributed by atoms with Crippen molar-refractivity contribution in [3.63, 3.8) is 0 Å². The number of hydrogen-bond donors (Lipinski definition) is 0. The first kappa shape index (κ1) is 10.0. The Labute approximate surface area is 91.3 Å². The lowest BCUT2D eigenvalue weighted by molar-refractivity contribution is 0.488. The molecular formula is C13H17Cl. The van der Waals surface area contributed by atoms with Crippen LogP contribution in [0.2, 0.25) is 5.02 Å². The second-order valence-corrected chi connectivity index (χ2v) is 5.16. The van der Waals surface area contributed by atoms with E-state index in [-0.39, 0.29) is 0 Å². The lowest BCUT2D eigenvalue weighted by Gasteiger charge is -2.26. The van der Waals surface area contributed by atoms with Gasteiger partial charge in [0.25, 0.3) is 0 Å². The topological polar surface area (TPSA) is 0 Å². The Balaban J connectivity index is 2.40. The fraction of sp³-hybridized carbons (Fsp3) is 0.538. The van der Waals surface area contributed by atoms with E-state index in [1.165, 1.54) is 36.8 Å². The highest BCUT2D eigenvalue weighted by molar-refractivity contribution is 6.30. The Bertz CT molecular complexity index is 335. The maximum atomic E-state index is 5.97. The third-order valence-electron chi connectivity index (χ3n) is 3.55. The van der Waals surface area contributed by atoms with Crippen molar-refractivity contribution in [2.24, 2.45) is 0 Å². The van der Waals surface area contributed by atoms with Crippen LogP contribution >= 0.6 is 11.6 Å². The molecule has 0 unspecified atom stereocenters. The largest absolute Gasteiger partial charge is 0.0843 e. The van der Waals surface area contributed by atoms with Gasteiger partial charge < -0.3 is 0 Å². The number of hydrogen-bond acceptors (Lipinski definition) is 0. The molecule has 1 aliphatic rings. The van der Waals surface area contributed by atoms with E-state index in [2.05, 4.69) is 26.0 Å². The molecule has 0 spiro atoms. The molecule has 1 aliphatic carbocycles. The average Bonchev–Trinajstić information content (AvgIpc) is 2.52. The van der Waals surface area contributed by atoms with Crippen molar-refractivity contribution >= 4 is 11.6 Å². The summed E-state index contributed by atoms with van der Waals surface area (Å²) in [4.78, 5) is 0. The summed E-state index contributed by atoms with van der Waals surface area (Å²) in [5, 5.41) is 0.854. The molecular weight excluding hydrogens is 192 g/mol. The molecule has 1 saturated carbocycles. The van der Waals surface area contributed by atoms with Crippen LogP contribution < -0.4 is 0 Å². The van der Waals surface area contributed by atoms with Gasteiger partial charge in [-0.15, -0.1) is 0 Å². The van der Waals surface area contributed by atoms with Crippen molar-refractivity contribution in [1.29, 1.82) is 0 Å². The predicted octanol–water partition coefficient (Wildman–Crippen LogP) is 4.48. The molecule has 14 heavy (non-hydrogen) atoms. The quantitative estimate of drug-likeness (QED) is 0.639. The summed E-state index contributed by atoms with van der Waals surface area (Å²) in [6, 6.07) is 6.32. The van der Waals surface area contributed by atoms with Crippen LogP contribution in [0.3, 0.4) is 0 Å². The Morgan fingerprint density at radius 2 is 1.86 bits per heavy atom. The molecule has 0 bridgehead atoms. The monoisotopic (exact) mass is 208 g/mol. The molecule has 0 heterocycles. The van der Waals surface area contributed by atoms with Crippen molar-refractivity contribution in [2.75, 3.05) is 0 Å². The van der Waals surface area contributed by atoms with Gasteiger partial charge in [-0.25, -0.2) is 0 Å². The zero-order valence-electron chi connectivity index (χ0n) is 8.94. The van der Waals surface area contributed by atoms with E-state index in [1.54, 1.807) is 0 Å². The zero-order chi connectivity index (χ0) is 10.2. The van der Waals surface area contributed by atoms with Gasteiger partial charge in [0.05, 0.1) is 0 Å². The van der Waals surface area contributed by atoms with E-state index in [0.717, 1.165) is 5.02 Å². The lowest BCUT2D eigenvalue weighted by atomic mass is 9.79. The first-order valence-corrected chi connectivity index (χ1v) is 5.76. The molecule has 0 atom stereocenters. The molecule has 0 aliphatic heterocycles. The van der Waals surface area contributed by atoms with E-state index in [9.17, 15) is 0 Å². The second kappa shape index (κ2) is 3.58. The van der Waals surface area contributed by atoms with Crippen LogP contribution in [0.4, 0.5) is 0 Å². The van der Waals surface area contributed by atoms with Crippen LogP contribution in [0.15, 0.2) is 18.2 Å². The second-order valence-electron chi connectivity index (χ2n) is 4.73. The first-order valence-electron chi connectivity index (χ1n) is 5.38. The zero-order valence-corrected chi connectivity index (χ0v) is 9.69. The van der Waals surface area contributed by atoms with E-state index in [1.807, 2.05) is 6.07 Å². The molecule has 1 fully saturated rings. The van der Waals surface area contributed by atoms with Gasteiger partial charge in [0.2, 0.25) is 0 Å². The molecule has 0 radical (unpaired) electrons. The summed E-state index contributed by atoms with van der Waals surface area (Å²) >= 11 is 5.97. The number of benzene rings is 1. The lowest BCUT2D eigenvalue weighted by Crippen LogP contribution is -2.18. The summed E-state index contributed by atoms with van der Waals surface area (Å²) < 4.78 is 0. The van der Waals surface area contributed by atoms with Gasteiger partial charge in [-0.1, -0.05) is 37.4 Å². The number of rotatable bonds is 1. The van der Waals surface area contributed by atoms with Gasteiger partial charge in [0, 0.05) is 5.02 Å². The normalized spacial score (nSPS) is 19.9. The van der Waals surface area contributed by atoms with Crippen molar-refractivity contribution in [2.45, 2.75) is 44.9 Å². The Kier molecular flexibility index (Phi) is 2.57. The minimum Gasteiger partial charge on any atom is -0.0843 e. The smallest absolute Gasteiger partial charge is 0.0408 e. The molecule has 1 heteroatoms. The van der Waals surface area contributed by atoms with E-state index >= 15 is 0 Å². The standard InChI is InChI=1S/C13H17Cl/c1-10-9-11(14)5-6-12(10)13(2)7-3-4-8-13/h5-6,9H,3-4,7-8H2,1-2H3. The maximum Gasteiger partial charge on any atom is 0.0408 e. The Morgan fingerprint density at radius 1 is 1.21 bits per heavy atom. The summed E-state index contributed by atoms with van der Waals surface area (Å²) in [6.07, 6.45) is 5.40. The van der Waals surface area contributed by atoms with E-state index in [4.69, 9.17) is 11.6 Å². The molecule has 76 valence electrons. The number of halogens is 1. The summed E-state index contributed by atoms with van der Waals surface area (Å²) in [5.41, 5.74) is 3.26. The first-order chi connectivity index (χ1) is 6.62. The van der Waals surface area contributed by atoms with Crippen LogP contribution in [0.1, 0.15) is 43.7 Å². The maximum absolute atomic E-state index is 5.97. The number of aryl methyl sites for hydroxylation is 1. The summed E-state index contributed by atoms with van der Waals surface area (Å²) in [7, 11) is 0. The van der Waals surface area contributed by atoms with Gasteiger partial charge in [-0.05, 0) is 48.4 Å². The van der Waals surface area contributed by atoms with Crippen LogP contribution in [0, 0.1) is 6.92 Å². The highest BCUT2D eigenvalue weighted by atomic mass is 35.5. The third kappa shape index (κ3) is 1.68. The molecule has 0 amide bonds. The highest BCUT2D eigenvalue weighted by Crippen LogP contribution is 2.42. The average molecular weight is 209 g/mol. The summed E-state index contributed by atoms with van der Waals surface area (Å²) in [5.74, 6) is 0. The molecule has 0 N–H and O–H groups in total. The van der Waals surface area contributed by atoms with Gasteiger partial charge >= 0.3 is 0 Å². The highest BCUT2D eigenvalue weighted by Gasteiger charge is 2.31. The molecule has 1 aromatic carbocycles. The van der Waals surface area contributed by atoms with Crippen molar-refractivity contribution in [3.8, 4) is 0 Å². The molecule has 1 aromatic rings. The third-order valence-corrected chi connectivity index (χ3v) is 3.78. The van der Waals surface area contributed by atoms with Crippen molar-refractivity contribution in [3.05, 3.63) is 34.3 Å². The molecule has 0 saturated heterocycles. The molecule has 0 aromatic heterocycles. The van der Waals surface area contributed by atoms with Crippen LogP contribution in [-0.2, 0) is 5.41 Å². The van der Waals surface area contributed by atoms with E-state index in [0.29, 0.717) is 5.41 Å². The van der Waals surface area contributed by atoms with E-state index < -0.39 is 0 Å². The molecule has 2 rings (SSSR count). The van der Waals surface area contributed by atoms with Gasteiger partial charge in [-0.2, -0.15) is 0 Å². The van der Waals surface area contributed by atoms with Gasteiger partial charge in [-0.3, -0.25) is 0 Å². The summed E-state index contributed by atoms with van der Waals surface area (Å²) in [6.45, 7) is 4.56. The SMILES string of the molecule is Cc1cc(Cl)ccc1C1(C)CCCC1. The van der Waals surface area contributed by atoms with Crippen LogP contribution in [-0.4, -0.2) is 0 Å². The van der Waals surface area contributed by atoms with Crippen molar-refractivity contribution < 1.29 is 0 Å². The fourth-order valence-electron chi connectivity index (χ4n) is 2.73. The molecule has 0 nitrogen and oxygen atoms in total. The van der Waals surface area contributed by atoms with Gasteiger partial charge in [0.15, 0.2) is 0 Å². The van der Waals surface area contributed by atoms with Crippen LogP contribution in [0.5, 0.6) is 0 Å². The minimum absolute atomic E-state index is 0.411. The minimum atomic E-state index is 0.411. The Hall–Kier alpha value is -0.490. The fourth-order valence-corrected chi connectivity index (χ4v) is 2.96. The van der Waals surface area contributed by atoms with Crippen LogP contribution in [0.25, 0.3) is 0 Å². The predicted molar refractivity (Wildman–Crippen MR) is 62.0 cm³/mol.